The van der Waals surface area contributed by atoms with Crippen LogP contribution in [0.25, 0.3) is 0 Å². The number of hydrogen-bond acceptors (Lipinski definition) is 3. The zero-order chi connectivity index (χ0) is 14.4. The zero-order valence-corrected chi connectivity index (χ0v) is 12.3. The van der Waals surface area contributed by atoms with Gasteiger partial charge in [0.15, 0.2) is 0 Å². The van der Waals surface area contributed by atoms with Gasteiger partial charge in [-0.2, -0.15) is 5.10 Å². The maximum absolute atomic E-state index is 10.1. The minimum atomic E-state index is -0.370. The van der Waals surface area contributed by atoms with Gasteiger partial charge in [0.2, 0.25) is 0 Å². The predicted molar refractivity (Wildman–Crippen MR) is 78.6 cm³/mol. The number of aliphatic hydroxyl groups is 1. The van der Waals surface area contributed by atoms with Gasteiger partial charge in [-0.05, 0) is 37.5 Å². The number of rotatable bonds is 8. The van der Waals surface area contributed by atoms with Crippen LogP contribution in [0.15, 0.2) is 35.1 Å². The van der Waals surface area contributed by atoms with Gasteiger partial charge in [0.1, 0.15) is 5.76 Å². The molecule has 0 bridgehead atoms. The standard InChI is InChI=1S/C16H24N2O2/c1-3-14(4-2)18-10-9-13(17-18)12-15(19)7-8-16-6-5-11-20-16/h5-6,9-11,14-15,19H,3-4,7-8,12H2,1-2H3. The summed E-state index contributed by atoms with van der Waals surface area (Å²) in [5, 5.41) is 14.6. The molecule has 0 saturated heterocycles. The Morgan fingerprint density at radius 3 is 2.75 bits per heavy atom. The molecule has 2 aromatic heterocycles. The molecule has 0 amide bonds. The smallest absolute Gasteiger partial charge is 0.103 e. The van der Waals surface area contributed by atoms with E-state index < -0.39 is 0 Å². The lowest BCUT2D eigenvalue weighted by atomic mass is 10.1. The average molecular weight is 276 g/mol. The van der Waals surface area contributed by atoms with Gasteiger partial charge < -0.3 is 9.52 Å². The molecular formula is C16H24N2O2. The van der Waals surface area contributed by atoms with Crippen molar-refractivity contribution < 1.29 is 9.52 Å². The summed E-state index contributed by atoms with van der Waals surface area (Å²) in [5.74, 6) is 0.923. The molecule has 4 nitrogen and oxygen atoms in total. The quantitative estimate of drug-likeness (QED) is 0.804. The molecule has 1 unspecified atom stereocenters. The molecule has 2 aromatic rings. The van der Waals surface area contributed by atoms with E-state index in [-0.39, 0.29) is 6.10 Å². The molecule has 2 heterocycles. The SMILES string of the molecule is CCC(CC)n1ccc(CC(O)CCc2ccco2)n1. The Morgan fingerprint density at radius 2 is 2.10 bits per heavy atom. The zero-order valence-electron chi connectivity index (χ0n) is 12.3. The van der Waals surface area contributed by atoms with Crippen LogP contribution in [-0.2, 0) is 12.8 Å². The largest absolute Gasteiger partial charge is 0.469 e. The molecular weight excluding hydrogens is 252 g/mol. The van der Waals surface area contributed by atoms with Crippen molar-refractivity contribution in [3.8, 4) is 0 Å². The maximum atomic E-state index is 10.1. The van der Waals surface area contributed by atoms with Crippen LogP contribution in [0.3, 0.4) is 0 Å². The molecule has 0 aromatic carbocycles. The van der Waals surface area contributed by atoms with Gasteiger partial charge in [0, 0.05) is 19.0 Å². The fraction of sp³-hybridized carbons (Fsp3) is 0.562. The van der Waals surface area contributed by atoms with Gasteiger partial charge in [0.05, 0.1) is 24.1 Å². The van der Waals surface area contributed by atoms with Gasteiger partial charge in [-0.1, -0.05) is 13.8 Å². The predicted octanol–water partition coefficient (Wildman–Crippen LogP) is 3.37. The lowest BCUT2D eigenvalue weighted by Gasteiger charge is -2.12. The minimum Gasteiger partial charge on any atom is -0.469 e. The van der Waals surface area contributed by atoms with Crippen LogP contribution in [0, 0.1) is 0 Å². The van der Waals surface area contributed by atoms with Gasteiger partial charge in [0.25, 0.3) is 0 Å². The van der Waals surface area contributed by atoms with E-state index in [1.165, 1.54) is 0 Å². The molecule has 0 fully saturated rings. The Bertz CT molecular complexity index is 486. The highest BCUT2D eigenvalue weighted by Crippen LogP contribution is 2.16. The molecule has 0 spiro atoms. The Hall–Kier alpha value is -1.55. The van der Waals surface area contributed by atoms with E-state index in [4.69, 9.17) is 4.42 Å². The van der Waals surface area contributed by atoms with Gasteiger partial charge in [-0.3, -0.25) is 4.68 Å². The van der Waals surface area contributed by atoms with Crippen molar-refractivity contribution in [2.45, 2.75) is 58.1 Å². The second kappa shape index (κ2) is 7.29. The third kappa shape index (κ3) is 3.97. The Balaban J connectivity index is 1.83. The minimum absolute atomic E-state index is 0.370. The summed E-state index contributed by atoms with van der Waals surface area (Å²) < 4.78 is 7.29. The molecule has 0 aliphatic heterocycles. The number of aryl methyl sites for hydroxylation is 1. The van der Waals surface area contributed by atoms with Crippen LogP contribution in [0.4, 0.5) is 0 Å². The third-order valence-corrected chi connectivity index (χ3v) is 3.73. The molecule has 0 aliphatic rings. The number of furan rings is 1. The van der Waals surface area contributed by atoms with Crippen molar-refractivity contribution in [2.24, 2.45) is 0 Å². The summed E-state index contributed by atoms with van der Waals surface area (Å²) in [6, 6.07) is 6.28. The molecule has 0 saturated carbocycles. The lowest BCUT2D eigenvalue weighted by Crippen LogP contribution is -2.13. The normalized spacial score (nSPS) is 13.0. The fourth-order valence-electron chi connectivity index (χ4n) is 2.46. The van der Waals surface area contributed by atoms with E-state index in [2.05, 4.69) is 18.9 Å². The second-order valence-corrected chi connectivity index (χ2v) is 5.23. The fourth-order valence-corrected chi connectivity index (χ4v) is 2.46. The molecule has 1 atom stereocenters. The van der Waals surface area contributed by atoms with E-state index in [0.29, 0.717) is 18.9 Å². The highest BCUT2D eigenvalue weighted by molar-refractivity contribution is 5.03. The highest BCUT2D eigenvalue weighted by Gasteiger charge is 2.12. The Kier molecular flexibility index (Phi) is 5.41. The second-order valence-electron chi connectivity index (χ2n) is 5.23. The molecule has 0 radical (unpaired) electrons. The molecule has 1 N–H and O–H groups in total. The first kappa shape index (κ1) is 14.9. The van der Waals surface area contributed by atoms with E-state index in [0.717, 1.165) is 30.7 Å². The maximum Gasteiger partial charge on any atom is 0.103 e. The number of aromatic nitrogens is 2. The molecule has 20 heavy (non-hydrogen) atoms. The Morgan fingerprint density at radius 1 is 1.30 bits per heavy atom. The first-order valence-corrected chi connectivity index (χ1v) is 7.47. The summed E-state index contributed by atoms with van der Waals surface area (Å²) in [6.07, 6.45) is 7.55. The van der Waals surface area contributed by atoms with Crippen molar-refractivity contribution in [3.63, 3.8) is 0 Å². The van der Waals surface area contributed by atoms with Crippen molar-refractivity contribution in [2.75, 3.05) is 0 Å². The van der Waals surface area contributed by atoms with E-state index in [9.17, 15) is 5.11 Å². The van der Waals surface area contributed by atoms with Crippen LogP contribution in [0.5, 0.6) is 0 Å². The summed E-state index contributed by atoms with van der Waals surface area (Å²) in [4.78, 5) is 0. The van der Waals surface area contributed by atoms with Crippen molar-refractivity contribution in [3.05, 3.63) is 42.1 Å². The van der Waals surface area contributed by atoms with Crippen molar-refractivity contribution in [1.29, 1.82) is 0 Å². The summed E-state index contributed by atoms with van der Waals surface area (Å²) in [6.45, 7) is 4.35. The van der Waals surface area contributed by atoms with Crippen LogP contribution >= 0.6 is 0 Å². The number of hydrogen-bond donors (Lipinski definition) is 1. The molecule has 0 aliphatic carbocycles. The van der Waals surface area contributed by atoms with E-state index in [1.54, 1.807) is 6.26 Å². The Labute approximate surface area is 120 Å². The van der Waals surface area contributed by atoms with Crippen molar-refractivity contribution >= 4 is 0 Å². The van der Waals surface area contributed by atoms with E-state index in [1.807, 2.05) is 29.1 Å². The van der Waals surface area contributed by atoms with Crippen LogP contribution in [0.1, 0.15) is 50.6 Å². The summed E-state index contributed by atoms with van der Waals surface area (Å²) in [5.41, 5.74) is 0.962. The number of nitrogens with zero attached hydrogens (tertiary/aromatic N) is 2. The van der Waals surface area contributed by atoms with Crippen molar-refractivity contribution in [1.82, 2.24) is 9.78 Å². The van der Waals surface area contributed by atoms with Gasteiger partial charge in [-0.15, -0.1) is 0 Å². The topological polar surface area (TPSA) is 51.2 Å². The highest BCUT2D eigenvalue weighted by atomic mass is 16.3. The van der Waals surface area contributed by atoms with E-state index >= 15 is 0 Å². The number of aliphatic hydroxyl groups excluding tert-OH is 1. The molecule has 110 valence electrons. The van der Waals surface area contributed by atoms with Crippen LogP contribution in [-0.4, -0.2) is 21.0 Å². The first-order chi connectivity index (χ1) is 9.72. The average Bonchev–Trinajstić information content (AvgIpc) is 3.10. The summed E-state index contributed by atoms with van der Waals surface area (Å²) in [7, 11) is 0. The summed E-state index contributed by atoms with van der Waals surface area (Å²) >= 11 is 0. The third-order valence-electron chi connectivity index (χ3n) is 3.73. The van der Waals surface area contributed by atoms with Gasteiger partial charge in [-0.25, -0.2) is 0 Å². The monoisotopic (exact) mass is 276 g/mol. The lowest BCUT2D eigenvalue weighted by molar-refractivity contribution is 0.161. The van der Waals surface area contributed by atoms with Gasteiger partial charge >= 0.3 is 0 Å². The first-order valence-electron chi connectivity index (χ1n) is 7.47. The van der Waals surface area contributed by atoms with Crippen LogP contribution in [0.2, 0.25) is 0 Å². The molecule has 2 rings (SSSR count). The molecule has 4 heteroatoms. The van der Waals surface area contributed by atoms with Crippen LogP contribution < -0.4 is 0 Å².